The Labute approximate surface area is 185 Å². The molecule has 0 saturated heterocycles. The van der Waals surface area contributed by atoms with Crippen molar-refractivity contribution >= 4 is 16.3 Å². The Bertz CT molecular complexity index is 1020. The molecule has 1 heterocycles. The first-order chi connectivity index (χ1) is 14.9. The second-order valence-corrected chi connectivity index (χ2v) is 9.35. The second-order valence-electron chi connectivity index (χ2n) is 7.96. The lowest BCUT2D eigenvalue weighted by atomic mass is 9.96. The van der Waals surface area contributed by atoms with Crippen molar-refractivity contribution in [1.82, 2.24) is 0 Å². The van der Waals surface area contributed by atoms with Crippen LogP contribution in [0.5, 0.6) is 5.75 Å². The first kappa shape index (κ1) is 23.3. The number of rotatable bonds is 10. The van der Waals surface area contributed by atoms with Gasteiger partial charge in [-0.15, -0.1) is 0 Å². The predicted molar refractivity (Wildman–Crippen MR) is 122 cm³/mol. The Hall–Kier alpha value is -2.38. The standard InChI is InChI=1S/C24H31NO5S/c1-3-29-25-15-14-19-9-12-23-20(17-19)10-11-22(30-23)7-5-4-6-21-16-18(2)8-13-24(21)31(26,27)28/h8-9,12-13,15-17,22H,3-7,10-11,14H2,1-2H3,(H,26,27,28). The summed E-state index contributed by atoms with van der Waals surface area (Å²) in [5.74, 6) is 0.953. The highest BCUT2D eigenvalue weighted by Gasteiger charge is 2.20. The molecular weight excluding hydrogens is 414 g/mol. The van der Waals surface area contributed by atoms with E-state index in [1.165, 1.54) is 17.2 Å². The second kappa shape index (κ2) is 10.8. The van der Waals surface area contributed by atoms with E-state index in [9.17, 15) is 13.0 Å². The molecule has 0 spiro atoms. The van der Waals surface area contributed by atoms with E-state index in [1.807, 2.05) is 26.0 Å². The Morgan fingerprint density at radius 1 is 1.23 bits per heavy atom. The third kappa shape index (κ3) is 6.80. The number of unbranched alkanes of at least 4 members (excludes halogenated alkanes) is 1. The molecule has 2 aromatic rings. The zero-order chi connectivity index (χ0) is 22.3. The number of ether oxygens (including phenoxy) is 1. The zero-order valence-corrected chi connectivity index (χ0v) is 19.0. The molecule has 1 N–H and O–H groups in total. The number of fused-ring (bicyclic) bond motifs is 1. The van der Waals surface area contributed by atoms with E-state index in [0.29, 0.717) is 18.6 Å². The third-order valence-electron chi connectivity index (χ3n) is 5.48. The number of oxime groups is 1. The van der Waals surface area contributed by atoms with Crippen LogP contribution < -0.4 is 4.74 Å². The molecule has 0 fully saturated rings. The summed E-state index contributed by atoms with van der Waals surface area (Å²) in [6.07, 6.45) is 7.98. The lowest BCUT2D eigenvalue weighted by molar-refractivity contribution is 0.160. The minimum atomic E-state index is -4.19. The van der Waals surface area contributed by atoms with Gasteiger partial charge < -0.3 is 9.57 Å². The molecule has 0 radical (unpaired) electrons. The van der Waals surface area contributed by atoms with Crippen molar-refractivity contribution in [3.63, 3.8) is 0 Å². The average Bonchev–Trinajstić information content (AvgIpc) is 2.73. The van der Waals surface area contributed by atoms with Gasteiger partial charge in [0.1, 0.15) is 12.4 Å². The molecule has 1 aliphatic heterocycles. The number of benzene rings is 2. The van der Waals surface area contributed by atoms with Crippen LogP contribution >= 0.6 is 0 Å². The van der Waals surface area contributed by atoms with E-state index >= 15 is 0 Å². The molecule has 0 aliphatic carbocycles. The number of hydrogen-bond acceptors (Lipinski definition) is 5. The summed E-state index contributed by atoms with van der Waals surface area (Å²) in [5.41, 5.74) is 4.09. The maximum Gasteiger partial charge on any atom is 0.294 e. The molecule has 0 saturated carbocycles. The summed E-state index contributed by atoms with van der Waals surface area (Å²) in [4.78, 5) is 5.01. The molecule has 1 aliphatic rings. The Morgan fingerprint density at radius 2 is 2.06 bits per heavy atom. The maximum atomic E-state index is 11.6. The highest BCUT2D eigenvalue weighted by Crippen LogP contribution is 2.30. The number of nitrogens with zero attached hydrogens (tertiary/aromatic N) is 1. The van der Waals surface area contributed by atoms with E-state index in [1.54, 1.807) is 12.3 Å². The highest BCUT2D eigenvalue weighted by atomic mass is 32.2. The Morgan fingerprint density at radius 3 is 2.84 bits per heavy atom. The van der Waals surface area contributed by atoms with Crippen LogP contribution in [0.4, 0.5) is 0 Å². The topological polar surface area (TPSA) is 85.2 Å². The number of aryl methyl sites for hydroxylation is 3. The largest absolute Gasteiger partial charge is 0.490 e. The van der Waals surface area contributed by atoms with E-state index < -0.39 is 10.1 Å². The first-order valence-corrected chi connectivity index (χ1v) is 12.3. The molecule has 0 bridgehead atoms. The van der Waals surface area contributed by atoms with Crippen molar-refractivity contribution in [2.24, 2.45) is 5.16 Å². The van der Waals surface area contributed by atoms with Gasteiger partial charge in [0.25, 0.3) is 10.1 Å². The summed E-state index contributed by atoms with van der Waals surface area (Å²) >= 11 is 0. The van der Waals surface area contributed by atoms with Gasteiger partial charge in [-0.05, 0) is 81.2 Å². The predicted octanol–water partition coefficient (Wildman–Crippen LogP) is 4.91. The summed E-state index contributed by atoms with van der Waals surface area (Å²) in [6, 6.07) is 11.3. The van der Waals surface area contributed by atoms with Crippen LogP contribution in [0.15, 0.2) is 46.4 Å². The summed E-state index contributed by atoms with van der Waals surface area (Å²) in [6.45, 7) is 4.40. The smallest absolute Gasteiger partial charge is 0.294 e. The number of hydrogen-bond donors (Lipinski definition) is 1. The van der Waals surface area contributed by atoms with Gasteiger partial charge in [-0.3, -0.25) is 4.55 Å². The monoisotopic (exact) mass is 445 g/mol. The lowest BCUT2D eigenvalue weighted by Crippen LogP contribution is -2.22. The summed E-state index contributed by atoms with van der Waals surface area (Å²) in [5, 5.41) is 3.89. The van der Waals surface area contributed by atoms with Crippen LogP contribution in [-0.4, -0.2) is 31.9 Å². The highest BCUT2D eigenvalue weighted by molar-refractivity contribution is 7.85. The quantitative estimate of drug-likeness (QED) is 0.243. The molecule has 1 unspecified atom stereocenters. The molecular formula is C24H31NO5S. The van der Waals surface area contributed by atoms with Crippen molar-refractivity contribution in [1.29, 1.82) is 0 Å². The van der Waals surface area contributed by atoms with Crippen LogP contribution in [0.2, 0.25) is 0 Å². The van der Waals surface area contributed by atoms with E-state index in [0.717, 1.165) is 49.8 Å². The molecule has 2 aromatic carbocycles. The van der Waals surface area contributed by atoms with Crippen molar-refractivity contribution < 1.29 is 22.5 Å². The molecule has 31 heavy (non-hydrogen) atoms. The molecule has 168 valence electrons. The molecule has 0 aromatic heterocycles. The van der Waals surface area contributed by atoms with Gasteiger partial charge in [0, 0.05) is 12.6 Å². The van der Waals surface area contributed by atoms with Crippen LogP contribution in [0.25, 0.3) is 0 Å². The molecule has 6 nitrogen and oxygen atoms in total. The van der Waals surface area contributed by atoms with Crippen molar-refractivity contribution in [3.05, 3.63) is 58.7 Å². The summed E-state index contributed by atoms with van der Waals surface area (Å²) in [7, 11) is -4.19. The molecule has 3 rings (SSSR count). The lowest BCUT2D eigenvalue weighted by Gasteiger charge is -2.26. The van der Waals surface area contributed by atoms with Crippen molar-refractivity contribution in [3.8, 4) is 5.75 Å². The maximum absolute atomic E-state index is 11.6. The average molecular weight is 446 g/mol. The van der Waals surface area contributed by atoms with Gasteiger partial charge in [0.2, 0.25) is 0 Å². The van der Waals surface area contributed by atoms with Gasteiger partial charge in [-0.1, -0.05) is 35.0 Å². The van der Waals surface area contributed by atoms with Gasteiger partial charge in [-0.2, -0.15) is 8.42 Å². The first-order valence-electron chi connectivity index (χ1n) is 10.9. The minimum Gasteiger partial charge on any atom is -0.490 e. The minimum absolute atomic E-state index is 0.0167. The van der Waals surface area contributed by atoms with Gasteiger partial charge in [0.15, 0.2) is 0 Å². The van der Waals surface area contributed by atoms with Gasteiger partial charge in [-0.25, -0.2) is 0 Å². The fourth-order valence-corrected chi connectivity index (χ4v) is 4.67. The summed E-state index contributed by atoms with van der Waals surface area (Å²) < 4.78 is 38.8. The van der Waals surface area contributed by atoms with Crippen molar-refractivity contribution in [2.75, 3.05) is 6.61 Å². The van der Waals surface area contributed by atoms with Gasteiger partial charge >= 0.3 is 0 Å². The SMILES string of the molecule is CCON=CCc1ccc2c(c1)CCC(CCCCc1cc(C)ccc1S(=O)(=O)O)O2. The van der Waals surface area contributed by atoms with E-state index in [2.05, 4.69) is 17.3 Å². The van der Waals surface area contributed by atoms with Crippen molar-refractivity contribution in [2.45, 2.75) is 69.8 Å². The fraction of sp³-hybridized carbons (Fsp3) is 0.458. The van der Waals surface area contributed by atoms with Crippen LogP contribution in [0.3, 0.4) is 0 Å². The molecule has 0 amide bonds. The van der Waals surface area contributed by atoms with Crippen LogP contribution in [0, 0.1) is 6.92 Å². The third-order valence-corrected chi connectivity index (χ3v) is 6.43. The van der Waals surface area contributed by atoms with Crippen LogP contribution in [-0.2, 0) is 34.2 Å². The van der Waals surface area contributed by atoms with E-state index in [4.69, 9.17) is 9.57 Å². The Balaban J connectivity index is 1.49. The zero-order valence-electron chi connectivity index (χ0n) is 18.2. The normalized spacial score (nSPS) is 16.2. The molecule has 1 atom stereocenters. The Kier molecular flexibility index (Phi) is 8.09. The van der Waals surface area contributed by atoms with E-state index in [-0.39, 0.29) is 11.0 Å². The fourth-order valence-electron chi connectivity index (χ4n) is 3.94. The van der Waals surface area contributed by atoms with Crippen LogP contribution in [0.1, 0.15) is 54.9 Å². The molecule has 7 heteroatoms. The van der Waals surface area contributed by atoms with Gasteiger partial charge in [0.05, 0.1) is 11.0 Å².